The molecule has 2 heteroatoms. The minimum atomic E-state index is 0.827. The molecule has 7 aromatic carbocycles. The van der Waals surface area contributed by atoms with Crippen molar-refractivity contribution in [3.8, 4) is 0 Å². The lowest BCUT2D eigenvalue weighted by atomic mass is 10.1. The quantitative estimate of drug-likeness (QED) is 0.212. The van der Waals surface area contributed by atoms with E-state index in [1.165, 1.54) is 76.3 Å². The number of nitrogens with zero attached hydrogens (tertiary/aromatic N) is 2. The first-order valence-corrected chi connectivity index (χ1v) is 14.7. The van der Waals surface area contributed by atoms with Crippen LogP contribution >= 0.6 is 0 Å². The minimum Gasteiger partial charge on any atom is -0.336 e. The first kappa shape index (κ1) is 23.4. The third-order valence-corrected chi connectivity index (χ3v) is 8.95. The number of hydrogen-bond donors (Lipinski definition) is 0. The Morgan fingerprint density at radius 3 is 1.19 bits per heavy atom. The van der Waals surface area contributed by atoms with E-state index in [2.05, 4.69) is 155 Å². The smallest absolute Gasteiger partial charge is 0.0500 e. The van der Waals surface area contributed by atoms with Gasteiger partial charge in [-0.3, -0.25) is 0 Å². The highest BCUT2D eigenvalue weighted by Gasteiger charge is 2.14. The Kier molecular flexibility index (Phi) is 5.06. The molecule has 0 radical (unpaired) electrons. The van der Waals surface area contributed by atoms with Crippen molar-refractivity contribution in [1.82, 2.24) is 9.13 Å². The van der Waals surface area contributed by atoms with Gasteiger partial charge in [-0.1, -0.05) is 109 Å². The predicted molar refractivity (Wildman–Crippen MR) is 179 cm³/mol. The van der Waals surface area contributed by atoms with Crippen LogP contribution in [0.2, 0.25) is 0 Å². The van der Waals surface area contributed by atoms with Gasteiger partial charge in [0.05, 0.1) is 11.0 Å². The van der Waals surface area contributed by atoms with Crippen LogP contribution in [0.5, 0.6) is 0 Å². The molecule has 0 saturated carbocycles. The van der Waals surface area contributed by atoms with Gasteiger partial charge < -0.3 is 9.13 Å². The van der Waals surface area contributed by atoms with Crippen LogP contribution in [-0.4, -0.2) is 9.13 Å². The zero-order valence-electron chi connectivity index (χ0n) is 23.2. The number of benzene rings is 7. The van der Waals surface area contributed by atoms with Crippen molar-refractivity contribution in [2.45, 2.75) is 13.1 Å². The molecule has 0 unspecified atom stereocenters. The number of para-hydroxylation sites is 2. The maximum atomic E-state index is 2.49. The zero-order valence-corrected chi connectivity index (χ0v) is 23.2. The lowest BCUT2D eigenvalue weighted by Crippen LogP contribution is -2.03. The van der Waals surface area contributed by atoms with Crippen LogP contribution in [0.25, 0.3) is 65.2 Å². The molecule has 0 N–H and O–H groups in total. The molecule has 0 aliphatic carbocycles. The van der Waals surface area contributed by atoms with Gasteiger partial charge in [0.1, 0.15) is 0 Å². The Balaban J connectivity index is 1.17. The number of aromatic nitrogens is 2. The average Bonchev–Trinajstić information content (AvgIpc) is 3.50. The third-order valence-electron chi connectivity index (χ3n) is 8.95. The molecule has 198 valence electrons. The van der Waals surface area contributed by atoms with Crippen LogP contribution in [0.3, 0.4) is 0 Å². The van der Waals surface area contributed by atoms with E-state index in [4.69, 9.17) is 0 Å². The summed E-state index contributed by atoms with van der Waals surface area (Å²) in [6, 6.07) is 53.5. The van der Waals surface area contributed by atoms with Crippen molar-refractivity contribution >= 4 is 65.2 Å². The lowest BCUT2D eigenvalue weighted by Gasteiger charge is -2.12. The molecule has 0 fully saturated rings. The highest BCUT2D eigenvalue weighted by atomic mass is 15.0. The van der Waals surface area contributed by atoms with Crippen LogP contribution in [0.15, 0.2) is 146 Å². The Hall–Kier alpha value is -5.34. The molecule has 9 rings (SSSR count). The summed E-state index contributed by atoms with van der Waals surface area (Å²) < 4.78 is 4.98. The summed E-state index contributed by atoms with van der Waals surface area (Å²) in [6.07, 6.45) is 0. The Bertz CT molecular complexity index is 2300. The molecule has 0 bridgehead atoms. The van der Waals surface area contributed by atoms with Gasteiger partial charge in [-0.05, 0) is 69.1 Å². The second-order valence-corrected chi connectivity index (χ2v) is 11.5. The zero-order chi connectivity index (χ0) is 27.6. The summed E-state index contributed by atoms with van der Waals surface area (Å²) in [5, 5.41) is 10.4. The first-order chi connectivity index (χ1) is 20.8. The molecule has 0 spiro atoms. The fourth-order valence-electron chi connectivity index (χ4n) is 7.00. The van der Waals surface area contributed by atoms with E-state index in [1.54, 1.807) is 0 Å². The van der Waals surface area contributed by atoms with E-state index < -0.39 is 0 Å². The van der Waals surface area contributed by atoms with Crippen LogP contribution in [0, 0.1) is 0 Å². The summed E-state index contributed by atoms with van der Waals surface area (Å²) >= 11 is 0. The van der Waals surface area contributed by atoms with Gasteiger partial charge in [0.25, 0.3) is 0 Å². The van der Waals surface area contributed by atoms with Crippen molar-refractivity contribution in [2.24, 2.45) is 0 Å². The van der Waals surface area contributed by atoms with Gasteiger partial charge in [-0.2, -0.15) is 0 Å². The van der Waals surface area contributed by atoms with Crippen LogP contribution in [0.1, 0.15) is 11.1 Å². The summed E-state index contributed by atoms with van der Waals surface area (Å²) in [4.78, 5) is 0. The van der Waals surface area contributed by atoms with Gasteiger partial charge in [-0.15, -0.1) is 0 Å². The maximum Gasteiger partial charge on any atom is 0.0500 e. The van der Waals surface area contributed by atoms with Crippen LogP contribution < -0.4 is 0 Å². The maximum absolute atomic E-state index is 2.49. The molecular weight excluding hydrogens is 508 g/mol. The molecule has 42 heavy (non-hydrogen) atoms. The van der Waals surface area contributed by atoms with Crippen molar-refractivity contribution in [3.63, 3.8) is 0 Å². The van der Waals surface area contributed by atoms with Gasteiger partial charge >= 0.3 is 0 Å². The van der Waals surface area contributed by atoms with Crippen molar-refractivity contribution in [1.29, 1.82) is 0 Å². The standard InChI is InChI=1S/C40H28N2/c1-3-14-31-23-39-35(21-29(31)12-1)33-16-5-7-18-37(33)41(39)25-27-10-9-11-28(20-27)26-42-38-19-8-6-17-34(38)36-22-30-13-2-4-15-32(30)24-40(36)42/h1-24H,25-26H2. The summed E-state index contributed by atoms with van der Waals surface area (Å²) in [6.45, 7) is 1.65. The minimum absolute atomic E-state index is 0.827. The van der Waals surface area contributed by atoms with Crippen molar-refractivity contribution in [2.75, 3.05) is 0 Å². The number of rotatable bonds is 4. The molecule has 2 nitrogen and oxygen atoms in total. The van der Waals surface area contributed by atoms with E-state index in [-0.39, 0.29) is 0 Å². The molecule has 9 aromatic rings. The van der Waals surface area contributed by atoms with E-state index >= 15 is 0 Å². The number of fused-ring (bicyclic) bond motifs is 8. The normalized spacial score (nSPS) is 12.0. The molecule has 0 atom stereocenters. The third kappa shape index (κ3) is 3.59. The molecule has 2 heterocycles. The Morgan fingerprint density at radius 2 is 0.714 bits per heavy atom. The van der Waals surface area contributed by atoms with Crippen LogP contribution in [0.4, 0.5) is 0 Å². The lowest BCUT2D eigenvalue weighted by molar-refractivity contribution is 0.844. The highest BCUT2D eigenvalue weighted by molar-refractivity contribution is 6.13. The average molecular weight is 537 g/mol. The monoisotopic (exact) mass is 536 g/mol. The number of hydrogen-bond acceptors (Lipinski definition) is 0. The van der Waals surface area contributed by atoms with Crippen LogP contribution in [-0.2, 0) is 13.1 Å². The van der Waals surface area contributed by atoms with Gasteiger partial charge in [-0.25, -0.2) is 0 Å². The SMILES string of the molecule is c1cc(Cn2c3ccccc3c3cc4ccccc4cc32)cc(Cn2c3ccccc3c3cc4ccccc4cc32)c1. The van der Waals surface area contributed by atoms with E-state index in [0.29, 0.717) is 0 Å². The molecule has 2 aromatic heterocycles. The Morgan fingerprint density at radius 1 is 0.310 bits per heavy atom. The van der Waals surface area contributed by atoms with Gasteiger partial charge in [0, 0.05) is 45.7 Å². The Labute approximate surface area is 243 Å². The predicted octanol–water partition coefficient (Wildman–Crippen LogP) is 10.3. The van der Waals surface area contributed by atoms with Crippen molar-refractivity contribution < 1.29 is 0 Å². The highest BCUT2D eigenvalue weighted by Crippen LogP contribution is 2.35. The largest absolute Gasteiger partial charge is 0.336 e. The molecular formula is C40H28N2. The summed E-state index contributed by atoms with van der Waals surface area (Å²) in [7, 11) is 0. The van der Waals surface area contributed by atoms with E-state index in [9.17, 15) is 0 Å². The topological polar surface area (TPSA) is 9.86 Å². The molecule has 0 aliphatic rings. The summed E-state index contributed by atoms with van der Waals surface area (Å²) in [5.74, 6) is 0. The van der Waals surface area contributed by atoms with E-state index in [0.717, 1.165) is 13.1 Å². The molecule has 0 amide bonds. The molecule has 0 saturated heterocycles. The van der Waals surface area contributed by atoms with E-state index in [1.807, 2.05) is 0 Å². The van der Waals surface area contributed by atoms with Crippen molar-refractivity contribution in [3.05, 3.63) is 157 Å². The van der Waals surface area contributed by atoms with Gasteiger partial charge in [0.2, 0.25) is 0 Å². The first-order valence-electron chi connectivity index (χ1n) is 14.7. The van der Waals surface area contributed by atoms with Gasteiger partial charge in [0.15, 0.2) is 0 Å². The second-order valence-electron chi connectivity index (χ2n) is 11.5. The fourth-order valence-corrected chi connectivity index (χ4v) is 7.00. The summed E-state index contributed by atoms with van der Waals surface area (Å²) in [5.41, 5.74) is 7.76. The molecule has 0 aliphatic heterocycles. The second kappa shape index (κ2) is 9.09. The fraction of sp³-hybridized carbons (Fsp3) is 0.0500.